The van der Waals surface area contributed by atoms with Gasteiger partial charge in [0.25, 0.3) is 5.91 Å². The van der Waals surface area contributed by atoms with Crippen molar-refractivity contribution in [3.8, 4) is 0 Å². The quantitative estimate of drug-likeness (QED) is 0.723. The molecule has 0 unspecified atom stereocenters. The lowest BCUT2D eigenvalue weighted by atomic mass is 10.3. The highest BCUT2D eigenvalue weighted by molar-refractivity contribution is 5.97. The van der Waals surface area contributed by atoms with Crippen LogP contribution < -0.4 is 11.1 Å². The SMILES string of the molecule is Cn1ncc(N)c1C(=O)NCCN1CCOCC1. The van der Waals surface area contributed by atoms with E-state index in [0.29, 0.717) is 17.9 Å². The minimum Gasteiger partial charge on any atom is -0.396 e. The molecule has 1 fully saturated rings. The summed E-state index contributed by atoms with van der Waals surface area (Å²) >= 11 is 0. The molecule has 0 aliphatic carbocycles. The smallest absolute Gasteiger partial charge is 0.271 e. The Morgan fingerprint density at radius 2 is 2.28 bits per heavy atom. The number of nitrogens with two attached hydrogens (primary N) is 1. The van der Waals surface area contributed by atoms with E-state index >= 15 is 0 Å². The zero-order chi connectivity index (χ0) is 13.0. The van der Waals surface area contributed by atoms with E-state index in [1.807, 2.05) is 0 Å². The average Bonchev–Trinajstić information content (AvgIpc) is 2.70. The number of carbonyl (C=O) groups excluding carboxylic acids is 1. The van der Waals surface area contributed by atoms with E-state index in [-0.39, 0.29) is 5.91 Å². The summed E-state index contributed by atoms with van der Waals surface area (Å²) in [5.74, 6) is -0.180. The Morgan fingerprint density at radius 1 is 1.56 bits per heavy atom. The third kappa shape index (κ3) is 2.99. The first-order chi connectivity index (χ1) is 8.68. The molecule has 100 valence electrons. The zero-order valence-corrected chi connectivity index (χ0v) is 10.6. The van der Waals surface area contributed by atoms with E-state index in [1.165, 1.54) is 10.9 Å². The van der Waals surface area contributed by atoms with Gasteiger partial charge < -0.3 is 15.8 Å². The molecule has 1 amide bonds. The highest BCUT2D eigenvalue weighted by atomic mass is 16.5. The van der Waals surface area contributed by atoms with Crippen LogP contribution in [0.15, 0.2) is 6.20 Å². The molecule has 7 nitrogen and oxygen atoms in total. The van der Waals surface area contributed by atoms with Crippen molar-refractivity contribution in [2.24, 2.45) is 7.05 Å². The molecule has 1 aromatic heterocycles. The van der Waals surface area contributed by atoms with Gasteiger partial charge in [0.15, 0.2) is 0 Å². The van der Waals surface area contributed by atoms with Gasteiger partial charge in [-0.2, -0.15) is 5.10 Å². The van der Waals surface area contributed by atoms with Crippen LogP contribution in [0.3, 0.4) is 0 Å². The van der Waals surface area contributed by atoms with Gasteiger partial charge in [-0.3, -0.25) is 14.4 Å². The molecule has 0 spiro atoms. The number of hydrogen-bond acceptors (Lipinski definition) is 5. The number of carbonyl (C=O) groups is 1. The number of morpholine rings is 1. The Labute approximate surface area is 106 Å². The fraction of sp³-hybridized carbons (Fsp3) is 0.636. The van der Waals surface area contributed by atoms with E-state index in [4.69, 9.17) is 10.5 Å². The van der Waals surface area contributed by atoms with E-state index in [1.54, 1.807) is 7.05 Å². The summed E-state index contributed by atoms with van der Waals surface area (Å²) in [7, 11) is 1.70. The molecular weight excluding hydrogens is 234 g/mol. The lowest BCUT2D eigenvalue weighted by molar-refractivity contribution is 0.0383. The standard InChI is InChI=1S/C11H19N5O2/c1-15-10(9(12)8-14-15)11(17)13-2-3-16-4-6-18-7-5-16/h8H,2-7,12H2,1H3,(H,13,17). The van der Waals surface area contributed by atoms with Crippen molar-refractivity contribution in [2.75, 3.05) is 45.1 Å². The fourth-order valence-corrected chi connectivity index (χ4v) is 1.97. The van der Waals surface area contributed by atoms with Gasteiger partial charge in [0.05, 0.1) is 25.1 Å². The van der Waals surface area contributed by atoms with Crippen LogP contribution in [0, 0.1) is 0 Å². The molecule has 0 bridgehead atoms. The number of ether oxygens (including phenoxy) is 1. The molecular formula is C11H19N5O2. The van der Waals surface area contributed by atoms with Crippen molar-refractivity contribution in [3.63, 3.8) is 0 Å². The second kappa shape index (κ2) is 5.83. The first-order valence-corrected chi connectivity index (χ1v) is 6.04. The Balaban J connectivity index is 1.78. The van der Waals surface area contributed by atoms with Crippen molar-refractivity contribution >= 4 is 11.6 Å². The fourth-order valence-electron chi connectivity index (χ4n) is 1.97. The van der Waals surface area contributed by atoms with E-state index in [0.717, 1.165) is 32.8 Å². The predicted molar refractivity (Wildman–Crippen MR) is 67.2 cm³/mol. The first-order valence-electron chi connectivity index (χ1n) is 6.04. The summed E-state index contributed by atoms with van der Waals surface area (Å²) in [5.41, 5.74) is 6.50. The summed E-state index contributed by atoms with van der Waals surface area (Å²) in [5, 5.41) is 6.79. The molecule has 0 aromatic carbocycles. The van der Waals surface area contributed by atoms with Crippen molar-refractivity contribution in [2.45, 2.75) is 0 Å². The number of rotatable bonds is 4. The minimum absolute atomic E-state index is 0.180. The summed E-state index contributed by atoms with van der Waals surface area (Å²) in [6, 6.07) is 0. The molecule has 1 aliphatic heterocycles. The van der Waals surface area contributed by atoms with E-state index < -0.39 is 0 Å². The van der Waals surface area contributed by atoms with Crippen LogP contribution in [0.1, 0.15) is 10.5 Å². The van der Waals surface area contributed by atoms with Gasteiger partial charge in [-0.05, 0) is 0 Å². The zero-order valence-electron chi connectivity index (χ0n) is 10.6. The molecule has 1 saturated heterocycles. The molecule has 1 aromatic rings. The van der Waals surface area contributed by atoms with E-state index in [2.05, 4.69) is 15.3 Å². The number of nitrogen functional groups attached to an aromatic ring is 1. The van der Waals surface area contributed by atoms with Gasteiger partial charge >= 0.3 is 0 Å². The van der Waals surface area contributed by atoms with Gasteiger partial charge in [0.1, 0.15) is 5.69 Å². The molecule has 18 heavy (non-hydrogen) atoms. The number of nitrogens with zero attached hydrogens (tertiary/aromatic N) is 3. The normalized spacial score (nSPS) is 16.7. The summed E-state index contributed by atoms with van der Waals surface area (Å²) < 4.78 is 6.75. The van der Waals surface area contributed by atoms with Gasteiger partial charge in [0.2, 0.25) is 0 Å². The Kier molecular flexibility index (Phi) is 4.16. The van der Waals surface area contributed by atoms with Crippen molar-refractivity contribution in [1.29, 1.82) is 0 Å². The van der Waals surface area contributed by atoms with Crippen molar-refractivity contribution in [1.82, 2.24) is 20.0 Å². The molecule has 2 rings (SSSR count). The van der Waals surface area contributed by atoms with Crippen LogP contribution in [0.5, 0.6) is 0 Å². The summed E-state index contributed by atoms with van der Waals surface area (Å²) in [6.07, 6.45) is 1.48. The maximum absolute atomic E-state index is 11.9. The maximum atomic E-state index is 11.9. The second-order valence-corrected chi connectivity index (χ2v) is 4.28. The third-order valence-corrected chi connectivity index (χ3v) is 3.00. The third-order valence-electron chi connectivity index (χ3n) is 3.00. The largest absolute Gasteiger partial charge is 0.396 e. The maximum Gasteiger partial charge on any atom is 0.271 e. The van der Waals surface area contributed by atoms with Crippen LogP contribution in [0.4, 0.5) is 5.69 Å². The number of aryl methyl sites for hydroxylation is 1. The lowest BCUT2D eigenvalue weighted by Crippen LogP contribution is -2.41. The van der Waals surface area contributed by atoms with Crippen LogP contribution in [0.2, 0.25) is 0 Å². The second-order valence-electron chi connectivity index (χ2n) is 4.28. The van der Waals surface area contributed by atoms with Crippen LogP contribution in [-0.2, 0) is 11.8 Å². The number of amides is 1. The Bertz CT molecular complexity index is 392. The number of hydrogen-bond donors (Lipinski definition) is 2. The average molecular weight is 253 g/mol. The molecule has 0 saturated carbocycles. The Hall–Kier alpha value is -1.60. The molecule has 0 radical (unpaired) electrons. The molecule has 3 N–H and O–H groups in total. The number of nitrogens with one attached hydrogen (secondary N) is 1. The van der Waals surface area contributed by atoms with Gasteiger partial charge in [-0.25, -0.2) is 0 Å². The lowest BCUT2D eigenvalue weighted by Gasteiger charge is -2.26. The number of anilines is 1. The molecule has 1 aliphatic rings. The van der Waals surface area contributed by atoms with Gasteiger partial charge in [0, 0.05) is 33.2 Å². The van der Waals surface area contributed by atoms with Crippen LogP contribution in [0.25, 0.3) is 0 Å². The molecule has 2 heterocycles. The summed E-state index contributed by atoms with van der Waals surface area (Å²) in [4.78, 5) is 14.2. The minimum atomic E-state index is -0.180. The summed E-state index contributed by atoms with van der Waals surface area (Å²) in [6.45, 7) is 4.80. The number of aromatic nitrogens is 2. The predicted octanol–water partition coefficient (Wildman–Crippen LogP) is -0.936. The molecule has 7 heteroatoms. The van der Waals surface area contributed by atoms with Crippen molar-refractivity contribution in [3.05, 3.63) is 11.9 Å². The van der Waals surface area contributed by atoms with Crippen LogP contribution >= 0.6 is 0 Å². The monoisotopic (exact) mass is 253 g/mol. The highest BCUT2D eigenvalue weighted by Crippen LogP contribution is 2.08. The van der Waals surface area contributed by atoms with Gasteiger partial charge in [-0.1, -0.05) is 0 Å². The van der Waals surface area contributed by atoms with Gasteiger partial charge in [-0.15, -0.1) is 0 Å². The van der Waals surface area contributed by atoms with Crippen molar-refractivity contribution < 1.29 is 9.53 Å². The highest BCUT2D eigenvalue weighted by Gasteiger charge is 2.15. The first kappa shape index (κ1) is 12.8. The van der Waals surface area contributed by atoms with Crippen LogP contribution in [-0.4, -0.2) is 60.0 Å². The Morgan fingerprint density at radius 3 is 2.89 bits per heavy atom. The van der Waals surface area contributed by atoms with E-state index in [9.17, 15) is 4.79 Å². The molecule has 0 atom stereocenters. The topological polar surface area (TPSA) is 85.4 Å².